The molecule has 5 heteroatoms. The molecule has 1 aliphatic rings. The molecule has 1 saturated heterocycles. The molecule has 21 heavy (non-hydrogen) atoms. The third-order valence-corrected chi connectivity index (χ3v) is 4.55. The zero-order valence-corrected chi connectivity index (χ0v) is 14.7. The maximum absolute atomic E-state index is 6.05. The Bertz CT molecular complexity index is 447. The summed E-state index contributed by atoms with van der Waals surface area (Å²) >= 11 is 7.81. The maximum atomic E-state index is 6.05. The number of ether oxygens (including phenoxy) is 2. The normalized spacial score (nSPS) is 23.4. The monoisotopic (exact) mass is 329 g/mol. The Kier molecular flexibility index (Phi) is 5.83. The van der Waals surface area contributed by atoms with Crippen molar-refractivity contribution in [2.24, 2.45) is 0 Å². The molecule has 0 aromatic heterocycles. The molecular weight excluding hydrogens is 306 g/mol. The lowest BCUT2D eigenvalue weighted by Crippen LogP contribution is -2.48. The zero-order valence-electron chi connectivity index (χ0n) is 13.1. The summed E-state index contributed by atoms with van der Waals surface area (Å²) in [5, 5.41) is 0.758. The van der Waals surface area contributed by atoms with Crippen molar-refractivity contribution in [1.29, 1.82) is 0 Å². The second-order valence-corrected chi connectivity index (χ2v) is 8.48. The molecule has 0 N–H and O–H groups in total. The molecule has 0 saturated carbocycles. The number of benzene rings is 1. The first-order chi connectivity index (χ1) is 9.87. The number of halogens is 1. The number of thioether (sulfide) groups is 1. The van der Waals surface area contributed by atoms with E-state index in [0.717, 1.165) is 23.8 Å². The van der Waals surface area contributed by atoms with Crippen LogP contribution in [-0.4, -0.2) is 36.2 Å². The Balaban J connectivity index is 2.10. The molecule has 0 radical (unpaired) electrons. The number of rotatable bonds is 4. The highest BCUT2D eigenvalue weighted by atomic mass is 35.5. The average Bonchev–Trinajstić information content (AvgIpc) is 2.37. The second-order valence-electron chi connectivity index (χ2n) is 6.06. The van der Waals surface area contributed by atoms with Gasteiger partial charge in [0.25, 0.3) is 0 Å². The van der Waals surface area contributed by atoms with Crippen LogP contribution in [0, 0.1) is 0 Å². The topological polar surface area (TPSA) is 21.7 Å². The van der Waals surface area contributed by atoms with Crippen molar-refractivity contribution in [1.82, 2.24) is 0 Å². The summed E-state index contributed by atoms with van der Waals surface area (Å²) in [6.45, 7) is 10.9. The van der Waals surface area contributed by atoms with E-state index in [1.165, 1.54) is 0 Å². The number of morpholine rings is 1. The van der Waals surface area contributed by atoms with Gasteiger partial charge in [0.15, 0.2) is 6.29 Å². The predicted molar refractivity (Wildman–Crippen MR) is 91.3 cm³/mol. The summed E-state index contributed by atoms with van der Waals surface area (Å²) < 4.78 is 11.9. The van der Waals surface area contributed by atoms with E-state index in [2.05, 4.69) is 37.8 Å². The van der Waals surface area contributed by atoms with Crippen molar-refractivity contribution in [2.45, 2.75) is 44.2 Å². The van der Waals surface area contributed by atoms with E-state index in [1.807, 2.05) is 30.8 Å². The molecule has 0 spiro atoms. The van der Waals surface area contributed by atoms with Gasteiger partial charge in [0.1, 0.15) is 5.44 Å². The Labute approximate surface area is 136 Å². The van der Waals surface area contributed by atoms with E-state index in [0.29, 0.717) is 6.61 Å². The van der Waals surface area contributed by atoms with Crippen LogP contribution in [0.15, 0.2) is 24.3 Å². The van der Waals surface area contributed by atoms with Gasteiger partial charge in [0, 0.05) is 22.1 Å². The van der Waals surface area contributed by atoms with Crippen LogP contribution in [0.25, 0.3) is 0 Å². The minimum Gasteiger partial charge on any atom is -0.363 e. The summed E-state index contributed by atoms with van der Waals surface area (Å²) in [7, 11) is 0. The summed E-state index contributed by atoms with van der Waals surface area (Å²) in [4.78, 5) is 2.31. The van der Waals surface area contributed by atoms with E-state index in [9.17, 15) is 0 Å². The van der Waals surface area contributed by atoms with Crippen molar-refractivity contribution in [3.63, 3.8) is 0 Å². The molecular formula is C16H24ClNO2S. The lowest BCUT2D eigenvalue weighted by molar-refractivity contribution is -0.152. The van der Waals surface area contributed by atoms with Crippen LogP contribution >= 0.6 is 23.4 Å². The van der Waals surface area contributed by atoms with Crippen LogP contribution in [0.3, 0.4) is 0 Å². The van der Waals surface area contributed by atoms with Gasteiger partial charge in [-0.1, -0.05) is 32.4 Å². The fourth-order valence-corrected chi connectivity index (χ4v) is 3.64. The molecule has 0 bridgehead atoms. The van der Waals surface area contributed by atoms with E-state index in [-0.39, 0.29) is 16.5 Å². The zero-order chi connectivity index (χ0) is 15.5. The molecule has 1 fully saturated rings. The van der Waals surface area contributed by atoms with Gasteiger partial charge in [-0.15, -0.1) is 11.8 Å². The Morgan fingerprint density at radius 3 is 2.52 bits per heavy atom. The third-order valence-electron chi connectivity index (χ3n) is 3.07. The average molecular weight is 330 g/mol. The largest absolute Gasteiger partial charge is 0.363 e. The van der Waals surface area contributed by atoms with E-state index in [4.69, 9.17) is 21.1 Å². The summed E-state index contributed by atoms with van der Waals surface area (Å²) in [5.74, 6) is 0. The highest BCUT2D eigenvalue weighted by molar-refractivity contribution is 8.01. The van der Waals surface area contributed by atoms with Gasteiger partial charge >= 0.3 is 0 Å². The lowest BCUT2D eigenvalue weighted by Gasteiger charge is -2.40. The molecule has 118 valence electrons. The van der Waals surface area contributed by atoms with Crippen LogP contribution in [0.4, 0.5) is 5.69 Å². The Hall–Kier alpha value is -0.420. The van der Waals surface area contributed by atoms with E-state index in [1.54, 1.807) is 0 Å². The number of hydrogen-bond donors (Lipinski definition) is 0. The fraction of sp³-hybridized carbons (Fsp3) is 0.625. The molecule has 2 atom stereocenters. The van der Waals surface area contributed by atoms with Crippen molar-refractivity contribution in [3.8, 4) is 0 Å². The highest BCUT2D eigenvalue weighted by Gasteiger charge is 2.31. The van der Waals surface area contributed by atoms with Crippen molar-refractivity contribution in [3.05, 3.63) is 29.3 Å². The van der Waals surface area contributed by atoms with Crippen LogP contribution in [0.2, 0.25) is 5.02 Å². The summed E-state index contributed by atoms with van der Waals surface area (Å²) in [6, 6.07) is 7.95. The van der Waals surface area contributed by atoms with Crippen LogP contribution in [0.1, 0.15) is 27.7 Å². The first kappa shape index (κ1) is 16.9. The third kappa shape index (κ3) is 5.37. The minimum atomic E-state index is -0.181. The Morgan fingerprint density at radius 2 is 1.95 bits per heavy atom. The van der Waals surface area contributed by atoms with Crippen molar-refractivity contribution >= 4 is 29.1 Å². The number of anilines is 1. The molecule has 1 aromatic carbocycles. The van der Waals surface area contributed by atoms with Crippen molar-refractivity contribution < 1.29 is 9.47 Å². The predicted octanol–water partition coefficient (Wildman–Crippen LogP) is 4.40. The maximum Gasteiger partial charge on any atom is 0.176 e. The lowest BCUT2D eigenvalue weighted by atomic mass is 10.2. The van der Waals surface area contributed by atoms with E-state index < -0.39 is 0 Å². The van der Waals surface area contributed by atoms with Gasteiger partial charge in [0.2, 0.25) is 0 Å². The SMILES string of the molecule is CCO[C@@H]1CN(c2ccc(Cl)cc2)C[C@H](SC(C)(C)C)O1. The minimum absolute atomic E-state index is 0.103. The first-order valence-electron chi connectivity index (χ1n) is 7.33. The molecule has 1 aromatic rings. The fourth-order valence-electron chi connectivity index (χ4n) is 2.29. The number of hydrogen-bond acceptors (Lipinski definition) is 4. The van der Waals surface area contributed by atoms with E-state index >= 15 is 0 Å². The van der Waals surface area contributed by atoms with Gasteiger partial charge in [-0.05, 0) is 31.2 Å². The quantitative estimate of drug-likeness (QED) is 0.816. The molecule has 0 amide bonds. The molecule has 3 nitrogen and oxygen atoms in total. The van der Waals surface area contributed by atoms with Crippen LogP contribution < -0.4 is 4.90 Å². The molecule has 2 rings (SSSR count). The summed E-state index contributed by atoms with van der Waals surface area (Å²) in [6.07, 6.45) is -0.181. The standard InChI is InChI=1S/C16H24ClNO2S/c1-5-19-14-10-18(13-8-6-12(17)7-9-13)11-15(20-14)21-16(2,3)4/h6-9,14-15H,5,10-11H2,1-4H3/t14-,15-/m0/s1. The van der Waals surface area contributed by atoms with Gasteiger partial charge in [0.05, 0.1) is 13.1 Å². The summed E-state index contributed by atoms with van der Waals surface area (Å²) in [5.41, 5.74) is 1.26. The van der Waals surface area contributed by atoms with Gasteiger partial charge in [-0.2, -0.15) is 0 Å². The molecule has 1 aliphatic heterocycles. The van der Waals surface area contributed by atoms with Crippen LogP contribution in [0.5, 0.6) is 0 Å². The highest BCUT2D eigenvalue weighted by Crippen LogP contribution is 2.33. The Morgan fingerprint density at radius 1 is 1.29 bits per heavy atom. The van der Waals surface area contributed by atoms with Crippen molar-refractivity contribution in [2.75, 3.05) is 24.6 Å². The first-order valence-corrected chi connectivity index (χ1v) is 8.58. The van der Waals surface area contributed by atoms with Gasteiger partial charge < -0.3 is 14.4 Å². The molecule has 1 heterocycles. The number of nitrogens with zero attached hydrogens (tertiary/aromatic N) is 1. The molecule has 0 unspecified atom stereocenters. The second kappa shape index (κ2) is 7.23. The van der Waals surface area contributed by atoms with Crippen LogP contribution in [-0.2, 0) is 9.47 Å². The van der Waals surface area contributed by atoms with Gasteiger partial charge in [-0.25, -0.2) is 0 Å². The smallest absolute Gasteiger partial charge is 0.176 e. The van der Waals surface area contributed by atoms with Gasteiger partial charge in [-0.3, -0.25) is 0 Å². The molecule has 0 aliphatic carbocycles.